The quantitative estimate of drug-likeness (QED) is 0.407. The molecule has 0 aromatic rings. The van der Waals surface area contributed by atoms with Crippen LogP contribution in [0.4, 0.5) is 0 Å². The average molecular weight is 324 g/mol. The Morgan fingerprint density at radius 2 is 2.17 bits per heavy atom. The minimum absolute atomic E-state index is 0.0384. The van der Waals surface area contributed by atoms with Gasteiger partial charge in [-0.3, -0.25) is 4.90 Å². The van der Waals surface area contributed by atoms with E-state index in [1.807, 2.05) is 6.07 Å². The van der Waals surface area contributed by atoms with Gasteiger partial charge in [-0.1, -0.05) is 6.08 Å². The van der Waals surface area contributed by atoms with Gasteiger partial charge < -0.3 is 18.9 Å². The van der Waals surface area contributed by atoms with Crippen molar-refractivity contribution in [2.24, 2.45) is 0 Å². The molecule has 0 aliphatic carbocycles. The number of hydrogen-bond donors (Lipinski definition) is 0. The van der Waals surface area contributed by atoms with E-state index in [-0.39, 0.29) is 18.3 Å². The lowest BCUT2D eigenvalue weighted by molar-refractivity contribution is -0.155. The van der Waals surface area contributed by atoms with Crippen molar-refractivity contribution in [2.45, 2.75) is 32.2 Å². The molecule has 7 nitrogen and oxygen atoms in total. The fraction of sp³-hybridized carbons (Fsp3) is 0.750. The zero-order valence-electron chi connectivity index (χ0n) is 13.7. The number of morpholine rings is 1. The monoisotopic (exact) mass is 324 g/mol. The molecule has 0 radical (unpaired) electrons. The predicted molar refractivity (Wildman–Crippen MR) is 81.4 cm³/mol. The molecule has 2 saturated heterocycles. The van der Waals surface area contributed by atoms with Crippen molar-refractivity contribution in [1.29, 1.82) is 5.26 Å². The van der Waals surface area contributed by atoms with Crippen LogP contribution in [-0.2, 0) is 23.7 Å². The van der Waals surface area contributed by atoms with Crippen molar-refractivity contribution in [1.82, 2.24) is 4.90 Å². The van der Waals surface area contributed by atoms with E-state index in [0.29, 0.717) is 13.0 Å². The topological polar surface area (TPSA) is 81.0 Å². The van der Waals surface area contributed by atoms with E-state index in [0.717, 1.165) is 32.8 Å². The molecule has 0 aromatic heterocycles. The van der Waals surface area contributed by atoms with E-state index in [1.165, 1.54) is 0 Å². The van der Waals surface area contributed by atoms with Crippen LogP contribution in [0.1, 0.15) is 20.3 Å². The lowest BCUT2D eigenvalue weighted by atomic mass is 10.2. The molecule has 2 heterocycles. The van der Waals surface area contributed by atoms with Crippen molar-refractivity contribution in [2.75, 3.05) is 46.1 Å². The molecule has 2 aliphatic rings. The van der Waals surface area contributed by atoms with E-state index in [2.05, 4.69) is 4.90 Å². The molecule has 2 fully saturated rings. The maximum atomic E-state index is 11.9. The van der Waals surface area contributed by atoms with Gasteiger partial charge >= 0.3 is 5.97 Å². The molecule has 0 spiro atoms. The van der Waals surface area contributed by atoms with Crippen molar-refractivity contribution in [3.63, 3.8) is 0 Å². The maximum Gasteiger partial charge on any atom is 0.348 e. The number of ether oxygens (including phenoxy) is 4. The lowest BCUT2D eigenvalue weighted by Crippen LogP contribution is -2.36. The lowest BCUT2D eigenvalue weighted by Gasteiger charge is -2.25. The van der Waals surface area contributed by atoms with Crippen LogP contribution in [0.25, 0.3) is 0 Å². The summed E-state index contributed by atoms with van der Waals surface area (Å²) in [4.78, 5) is 14.2. The fourth-order valence-electron chi connectivity index (χ4n) is 2.48. The molecule has 128 valence electrons. The zero-order chi connectivity index (χ0) is 16.7. The minimum Gasteiger partial charge on any atom is -0.459 e. The Balaban J connectivity index is 1.72. The third-order valence-corrected chi connectivity index (χ3v) is 3.71. The van der Waals surface area contributed by atoms with Crippen molar-refractivity contribution in [3.05, 3.63) is 11.6 Å². The van der Waals surface area contributed by atoms with Gasteiger partial charge in [0.15, 0.2) is 5.79 Å². The molecule has 7 heteroatoms. The van der Waals surface area contributed by atoms with E-state index >= 15 is 0 Å². The van der Waals surface area contributed by atoms with Crippen LogP contribution >= 0.6 is 0 Å². The number of carbonyl (C=O) groups is 1. The van der Waals surface area contributed by atoms with Crippen LogP contribution in [0.15, 0.2) is 11.6 Å². The molecule has 0 aromatic carbocycles. The molecule has 0 N–H and O–H groups in total. The van der Waals surface area contributed by atoms with Crippen molar-refractivity contribution in [3.8, 4) is 6.07 Å². The molecule has 0 saturated carbocycles. The van der Waals surface area contributed by atoms with Crippen LogP contribution in [0.5, 0.6) is 0 Å². The Bertz CT molecular complexity index is 477. The highest BCUT2D eigenvalue weighted by Crippen LogP contribution is 2.22. The third-order valence-electron chi connectivity index (χ3n) is 3.71. The number of nitriles is 1. The predicted octanol–water partition coefficient (Wildman–Crippen LogP) is 0.853. The first-order chi connectivity index (χ1) is 11.0. The van der Waals surface area contributed by atoms with Crippen molar-refractivity contribution < 1.29 is 23.7 Å². The largest absolute Gasteiger partial charge is 0.459 e. The second kappa shape index (κ2) is 8.41. The molecule has 23 heavy (non-hydrogen) atoms. The second-order valence-corrected chi connectivity index (χ2v) is 6.02. The van der Waals surface area contributed by atoms with Gasteiger partial charge in [0.1, 0.15) is 24.4 Å². The summed E-state index contributed by atoms with van der Waals surface area (Å²) in [5.74, 6) is -1.26. The van der Waals surface area contributed by atoms with Gasteiger partial charge in [-0.2, -0.15) is 5.26 Å². The zero-order valence-corrected chi connectivity index (χ0v) is 13.7. The SMILES string of the molecule is CC1(C)OCC(COC(=O)/C(C#N)=C/CCN2CCOCC2)O1. The van der Waals surface area contributed by atoms with Gasteiger partial charge in [-0.25, -0.2) is 4.79 Å². The van der Waals surface area contributed by atoms with Gasteiger partial charge in [0.05, 0.1) is 19.8 Å². The first-order valence-corrected chi connectivity index (χ1v) is 7.89. The third kappa shape index (κ3) is 5.92. The number of rotatable bonds is 6. The summed E-state index contributed by atoms with van der Waals surface area (Å²) in [6.07, 6.45) is 1.98. The van der Waals surface area contributed by atoms with Crippen LogP contribution in [0.2, 0.25) is 0 Å². The number of nitrogens with zero attached hydrogens (tertiary/aromatic N) is 2. The summed E-state index contributed by atoms with van der Waals surface area (Å²) in [6, 6.07) is 1.90. The van der Waals surface area contributed by atoms with Gasteiger partial charge in [0.25, 0.3) is 0 Å². The highest BCUT2D eigenvalue weighted by molar-refractivity contribution is 5.92. The van der Waals surface area contributed by atoms with Gasteiger partial charge in [0, 0.05) is 19.6 Å². The first kappa shape index (κ1) is 17.9. The van der Waals surface area contributed by atoms with E-state index in [1.54, 1.807) is 19.9 Å². The Morgan fingerprint density at radius 3 is 2.78 bits per heavy atom. The van der Waals surface area contributed by atoms with E-state index in [9.17, 15) is 4.79 Å². The molecule has 0 amide bonds. The van der Waals surface area contributed by atoms with E-state index < -0.39 is 11.8 Å². The Labute approximate surface area is 136 Å². The number of hydrogen-bond acceptors (Lipinski definition) is 7. The highest BCUT2D eigenvalue weighted by atomic mass is 16.7. The summed E-state index contributed by atoms with van der Waals surface area (Å²) < 4.78 is 21.4. The molecular formula is C16H24N2O5. The van der Waals surface area contributed by atoms with Crippen LogP contribution in [-0.4, -0.2) is 68.8 Å². The van der Waals surface area contributed by atoms with Crippen molar-refractivity contribution >= 4 is 5.97 Å². The molecule has 1 unspecified atom stereocenters. The average Bonchev–Trinajstić information content (AvgIpc) is 2.89. The second-order valence-electron chi connectivity index (χ2n) is 6.02. The minimum atomic E-state index is -0.650. The Morgan fingerprint density at radius 1 is 1.43 bits per heavy atom. The van der Waals surface area contributed by atoms with Gasteiger partial charge in [-0.15, -0.1) is 0 Å². The van der Waals surface area contributed by atoms with Gasteiger partial charge in [-0.05, 0) is 20.3 Å². The summed E-state index contributed by atoms with van der Waals surface area (Å²) in [5, 5.41) is 9.10. The summed E-state index contributed by atoms with van der Waals surface area (Å²) in [5.41, 5.74) is 0.0384. The number of carbonyl (C=O) groups excluding carboxylic acids is 1. The smallest absolute Gasteiger partial charge is 0.348 e. The summed E-state index contributed by atoms with van der Waals surface area (Å²) in [7, 11) is 0. The summed E-state index contributed by atoms with van der Waals surface area (Å²) in [6.45, 7) is 8.11. The molecule has 2 rings (SSSR count). The van der Waals surface area contributed by atoms with Gasteiger partial charge in [0.2, 0.25) is 0 Å². The van der Waals surface area contributed by atoms with Crippen LogP contribution in [0, 0.1) is 11.3 Å². The van der Waals surface area contributed by atoms with Crippen LogP contribution < -0.4 is 0 Å². The highest BCUT2D eigenvalue weighted by Gasteiger charge is 2.33. The van der Waals surface area contributed by atoms with E-state index in [4.69, 9.17) is 24.2 Å². The first-order valence-electron chi connectivity index (χ1n) is 7.89. The van der Waals surface area contributed by atoms with Crippen LogP contribution in [0.3, 0.4) is 0 Å². The maximum absolute atomic E-state index is 11.9. The molecule has 0 bridgehead atoms. The standard InChI is InChI=1S/C16H24N2O5/c1-16(2)22-12-14(23-16)11-21-15(19)13(10-17)4-3-5-18-6-8-20-9-7-18/h4,14H,3,5-9,11-12H2,1-2H3/b13-4+. The molecular weight excluding hydrogens is 300 g/mol. The number of esters is 1. The Hall–Kier alpha value is -1.46. The molecule has 2 aliphatic heterocycles. The normalized spacial score (nSPS) is 25.1. The Kier molecular flexibility index (Phi) is 6.54. The summed E-state index contributed by atoms with van der Waals surface area (Å²) >= 11 is 0. The molecule has 1 atom stereocenters. The fourth-order valence-corrected chi connectivity index (χ4v) is 2.48.